The zero-order chi connectivity index (χ0) is 19.2. The molecule has 0 radical (unpaired) electrons. The van der Waals surface area contributed by atoms with Gasteiger partial charge in [-0.1, -0.05) is 29.3 Å². The number of nitrogens with one attached hydrogen (secondary N) is 2. The van der Waals surface area contributed by atoms with E-state index in [-0.39, 0.29) is 18.4 Å². The number of hydrogen-bond donors (Lipinski definition) is 2. The molecule has 0 aromatic heterocycles. The van der Waals surface area contributed by atoms with Gasteiger partial charge < -0.3 is 20.3 Å². The van der Waals surface area contributed by atoms with E-state index in [0.717, 1.165) is 0 Å². The molecule has 1 aliphatic rings. The second kappa shape index (κ2) is 9.08. The fraction of sp³-hybridized carbons (Fsp3) is 0.263. The average Bonchev–Trinajstić information content (AvgIpc) is 2.66. The molecule has 142 valence electrons. The highest BCUT2D eigenvalue weighted by molar-refractivity contribution is 6.35. The summed E-state index contributed by atoms with van der Waals surface area (Å²) in [5, 5.41) is 6.63. The van der Waals surface area contributed by atoms with E-state index >= 15 is 0 Å². The molecule has 1 saturated heterocycles. The van der Waals surface area contributed by atoms with E-state index in [1.165, 1.54) is 0 Å². The van der Waals surface area contributed by atoms with Gasteiger partial charge in [-0.15, -0.1) is 0 Å². The lowest BCUT2D eigenvalue weighted by Crippen LogP contribution is -2.40. The van der Waals surface area contributed by atoms with E-state index in [1.807, 2.05) is 0 Å². The number of benzene rings is 2. The lowest BCUT2D eigenvalue weighted by molar-refractivity contribution is -0.114. The summed E-state index contributed by atoms with van der Waals surface area (Å²) in [6.07, 6.45) is 0. The third kappa shape index (κ3) is 5.60. The van der Waals surface area contributed by atoms with Gasteiger partial charge in [0.25, 0.3) is 5.91 Å². The minimum absolute atomic E-state index is 0.0410. The van der Waals surface area contributed by atoms with E-state index in [0.29, 0.717) is 53.3 Å². The molecule has 0 aliphatic carbocycles. The van der Waals surface area contributed by atoms with Crippen molar-refractivity contribution < 1.29 is 14.3 Å². The van der Waals surface area contributed by atoms with Crippen molar-refractivity contribution in [2.24, 2.45) is 0 Å². The first-order valence-electron chi connectivity index (χ1n) is 8.48. The Hall–Kier alpha value is -2.28. The van der Waals surface area contributed by atoms with Crippen LogP contribution in [-0.4, -0.2) is 49.6 Å². The normalized spacial score (nSPS) is 13.9. The van der Waals surface area contributed by atoms with E-state index in [2.05, 4.69) is 10.6 Å². The number of amides is 2. The molecule has 3 rings (SSSR count). The van der Waals surface area contributed by atoms with Crippen molar-refractivity contribution in [3.63, 3.8) is 0 Å². The lowest BCUT2D eigenvalue weighted by atomic mass is 10.1. The van der Waals surface area contributed by atoms with Gasteiger partial charge in [0, 0.05) is 40.1 Å². The summed E-state index contributed by atoms with van der Waals surface area (Å²) in [5.74, 6) is -0.293. The Morgan fingerprint density at radius 1 is 1.00 bits per heavy atom. The molecule has 0 atom stereocenters. The number of nitrogens with zero attached hydrogens (tertiary/aromatic N) is 1. The van der Waals surface area contributed by atoms with Crippen LogP contribution in [-0.2, 0) is 9.53 Å². The van der Waals surface area contributed by atoms with Crippen molar-refractivity contribution in [1.82, 2.24) is 4.90 Å². The second-order valence-corrected chi connectivity index (χ2v) is 6.92. The predicted octanol–water partition coefficient (Wildman–Crippen LogP) is 3.52. The molecule has 27 heavy (non-hydrogen) atoms. The molecule has 2 aromatic rings. The second-order valence-electron chi connectivity index (χ2n) is 6.05. The summed E-state index contributed by atoms with van der Waals surface area (Å²) in [7, 11) is 0. The van der Waals surface area contributed by atoms with Crippen LogP contribution in [0.15, 0.2) is 42.5 Å². The Kier molecular flexibility index (Phi) is 6.55. The molecule has 0 bridgehead atoms. The Balaban J connectivity index is 1.57. The first-order chi connectivity index (χ1) is 13.0. The lowest BCUT2D eigenvalue weighted by Gasteiger charge is -2.27. The number of rotatable bonds is 5. The fourth-order valence-corrected chi connectivity index (χ4v) is 3.25. The standard InChI is InChI=1S/C19H19Cl2N3O3/c20-14-9-15(21)11-17(10-14)23-18(25)12-22-16-3-1-2-13(8-16)19(26)24-4-6-27-7-5-24/h1-3,8-11,22H,4-7,12H2,(H,23,25). The van der Waals surface area contributed by atoms with Crippen molar-refractivity contribution in [3.8, 4) is 0 Å². The number of ether oxygens (including phenoxy) is 1. The molecule has 2 aromatic carbocycles. The Morgan fingerprint density at radius 3 is 2.41 bits per heavy atom. The third-order valence-electron chi connectivity index (χ3n) is 4.01. The maximum absolute atomic E-state index is 12.5. The Bertz CT molecular complexity index is 818. The maximum atomic E-state index is 12.5. The highest BCUT2D eigenvalue weighted by atomic mass is 35.5. The molecule has 8 heteroatoms. The minimum Gasteiger partial charge on any atom is -0.378 e. The number of carbonyl (C=O) groups is 2. The zero-order valence-electron chi connectivity index (χ0n) is 14.5. The van der Waals surface area contributed by atoms with Crippen molar-refractivity contribution >= 4 is 46.4 Å². The van der Waals surface area contributed by atoms with Gasteiger partial charge in [0.15, 0.2) is 0 Å². The molecule has 1 aliphatic heterocycles. The van der Waals surface area contributed by atoms with Gasteiger partial charge in [-0.3, -0.25) is 9.59 Å². The van der Waals surface area contributed by atoms with E-state index in [4.69, 9.17) is 27.9 Å². The van der Waals surface area contributed by atoms with Gasteiger partial charge >= 0.3 is 0 Å². The van der Waals surface area contributed by atoms with Crippen LogP contribution in [0, 0.1) is 0 Å². The van der Waals surface area contributed by atoms with E-state index in [9.17, 15) is 9.59 Å². The van der Waals surface area contributed by atoms with Crippen molar-refractivity contribution in [2.75, 3.05) is 43.5 Å². The van der Waals surface area contributed by atoms with Crippen LogP contribution in [0.1, 0.15) is 10.4 Å². The molecule has 0 spiro atoms. The number of morpholine rings is 1. The van der Waals surface area contributed by atoms with Gasteiger partial charge in [-0.05, 0) is 36.4 Å². The first-order valence-corrected chi connectivity index (χ1v) is 9.24. The summed E-state index contributed by atoms with van der Waals surface area (Å²) in [6.45, 7) is 2.32. The topological polar surface area (TPSA) is 70.7 Å². The van der Waals surface area contributed by atoms with Gasteiger partial charge in [-0.25, -0.2) is 0 Å². The highest BCUT2D eigenvalue weighted by Gasteiger charge is 2.18. The Labute approximate surface area is 167 Å². The zero-order valence-corrected chi connectivity index (χ0v) is 16.0. The van der Waals surface area contributed by atoms with Gasteiger partial charge in [0.2, 0.25) is 5.91 Å². The van der Waals surface area contributed by atoms with Crippen LogP contribution in [0.5, 0.6) is 0 Å². The summed E-state index contributed by atoms with van der Waals surface area (Å²) < 4.78 is 5.27. The molecule has 0 saturated carbocycles. The fourth-order valence-electron chi connectivity index (χ4n) is 2.72. The predicted molar refractivity (Wildman–Crippen MR) is 107 cm³/mol. The first kappa shape index (κ1) is 19.5. The molecule has 1 fully saturated rings. The van der Waals surface area contributed by atoms with Gasteiger partial charge in [0.05, 0.1) is 19.8 Å². The molecule has 2 N–H and O–H groups in total. The summed E-state index contributed by atoms with van der Waals surface area (Å²) in [6, 6.07) is 11.9. The van der Waals surface area contributed by atoms with E-state index < -0.39 is 0 Å². The minimum atomic E-state index is -0.252. The quantitative estimate of drug-likeness (QED) is 0.795. The van der Waals surface area contributed by atoms with Crippen LogP contribution >= 0.6 is 23.2 Å². The van der Waals surface area contributed by atoms with Crippen LogP contribution in [0.3, 0.4) is 0 Å². The largest absolute Gasteiger partial charge is 0.378 e. The molecule has 6 nitrogen and oxygen atoms in total. The highest BCUT2D eigenvalue weighted by Crippen LogP contribution is 2.22. The number of halogens is 2. The molecule has 1 heterocycles. The Morgan fingerprint density at radius 2 is 1.70 bits per heavy atom. The molecular weight excluding hydrogens is 389 g/mol. The van der Waals surface area contributed by atoms with Crippen LogP contribution < -0.4 is 10.6 Å². The number of carbonyl (C=O) groups excluding carboxylic acids is 2. The summed E-state index contributed by atoms with van der Waals surface area (Å²) in [5.41, 5.74) is 1.79. The van der Waals surface area contributed by atoms with Crippen molar-refractivity contribution in [2.45, 2.75) is 0 Å². The number of anilines is 2. The van der Waals surface area contributed by atoms with E-state index in [1.54, 1.807) is 47.4 Å². The van der Waals surface area contributed by atoms with Gasteiger partial charge in [-0.2, -0.15) is 0 Å². The monoisotopic (exact) mass is 407 g/mol. The van der Waals surface area contributed by atoms with Crippen molar-refractivity contribution in [1.29, 1.82) is 0 Å². The smallest absolute Gasteiger partial charge is 0.254 e. The van der Waals surface area contributed by atoms with Crippen molar-refractivity contribution in [3.05, 3.63) is 58.1 Å². The van der Waals surface area contributed by atoms with Crippen LogP contribution in [0.4, 0.5) is 11.4 Å². The third-order valence-corrected chi connectivity index (χ3v) is 4.44. The summed E-state index contributed by atoms with van der Waals surface area (Å²) >= 11 is 11.8. The maximum Gasteiger partial charge on any atom is 0.254 e. The number of hydrogen-bond acceptors (Lipinski definition) is 4. The van der Waals surface area contributed by atoms with Gasteiger partial charge in [0.1, 0.15) is 0 Å². The van der Waals surface area contributed by atoms with Crippen LogP contribution in [0.2, 0.25) is 10.0 Å². The van der Waals surface area contributed by atoms with Crippen LogP contribution in [0.25, 0.3) is 0 Å². The molecular formula is C19H19Cl2N3O3. The average molecular weight is 408 g/mol. The molecule has 0 unspecified atom stereocenters. The SMILES string of the molecule is O=C(CNc1cccc(C(=O)N2CCOCC2)c1)Nc1cc(Cl)cc(Cl)c1. The summed E-state index contributed by atoms with van der Waals surface area (Å²) in [4.78, 5) is 26.4. The molecule has 2 amide bonds.